The van der Waals surface area contributed by atoms with Crippen LogP contribution in [0.15, 0.2) is 30.7 Å². The number of methoxy groups -OCH3 is 1. The van der Waals surface area contributed by atoms with E-state index in [0.29, 0.717) is 0 Å². The third kappa shape index (κ3) is 1.85. The predicted molar refractivity (Wildman–Crippen MR) is 53.2 cm³/mol. The highest BCUT2D eigenvalue weighted by molar-refractivity contribution is 5.86. The Labute approximate surface area is 86.1 Å². The Morgan fingerprint density at radius 2 is 2.13 bits per heavy atom. The van der Waals surface area contributed by atoms with Gasteiger partial charge in [-0.15, -0.1) is 0 Å². The molecule has 15 heavy (non-hydrogen) atoms. The largest absolute Gasteiger partial charge is 0.463 e. The highest BCUT2D eigenvalue weighted by Gasteiger charge is 2.10. The molecule has 1 N–H and O–H groups in total. The average molecular weight is 203 g/mol. The maximum absolute atomic E-state index is 11.1. The summed E-state index contributed by atoms with van der Waals surface area (Å²) in [5.74, 6) is -0.278. The molecule has 0 bridgehead atoms. The van der Waals surface area contributed by atoms with Crippen molar-refractivity contribution in [2.24, 2.45) is 0 Å². The van der Waals surface area contributed by atoms with Crippen LogP contribution in [0.3, 0.4) is 0 Å². The number of aromatic nitrogens is 3. The van der Waals surface area contributed by atoms with Gasteiger partial charge in [-0.2, -0.15) is 0 Å². The number of carbonyl (C=O) groups is 1. The predicted octanol–water partition coefficient (Wildman–Crippen LogP) is 1.26. The Morgan fingerprint density at radius 3 is 2.80 bits per heavy atom. The fourth-order valence-electron chi connectivity index (χ4n) is 1.20. The Kier molecular flexibility index (Phi) is 2.45. The van der Waals surface area contributed by atoms with E-state index in [2.05, 4.69) is 19.7 Å². The molecule has 0 unspecified atom stereocenters. The standard InChI is InChI=1S/C10H9N3O2/c1-15-10(14)9-12-6-8(13-9)7-2-4-11-5-3-7/h2-6H,1H3,(H,12,13). The first-order chi connectivity index (χ1) is 7.31. The average Bonchev–Trinajstić information content (AvgIpc) is 2.78. The van der Waals surface area contributed by atoms with E-state index in [-0.39, 0.29) is 5.82 Å². The summed E-state index contributed by atoms with van der Waals surface area (Å²) in [6.07, 6.45) is 4.93. The number of aromatic amines is 1. The van der Waals surface area contributed by atoms with Gasteiger partial charge in [0.2, 0.25) is 5.82 Å². The molecule has 2 rings (SSSR count). The number of imidazole rings is 1. The zero-order valence-corrected chi connectivity index (χ0v) is 8.10. The van der Waals surface area contributed by atoms with Gasteiger partial charge in [0.1, 0.15) is 0 Å². The molecule has 0 fully saturated rings. The molecule has 0 saturated heterocycles. The molecule has 0 aliphatic rings. The normalized spacial score (nSPS) is 9.93. The summed E-state index contributed by atoms with van der Waals surface area (Å²) in [5, 5.41) is 0. The summed E-state index contributed by atoms with van der Waals surface area (Å²) in [7, 11) is 1.32. The maximum atomic E-state index is 11.1. The lowest BCUT2D eigenvalue weighted by Crippen LogP contribution is -2.03. The van der Waals surface area contributed by atoms with Crippen LogP contribution in [0.2, 0.25) is 0 Å². The quantitative estimate of drug-likeness (QED) is 0.746. The Balaban J connectivity index is 2.32. The van der Waals surface area contributed by atoms with E-state index >= 15 is 0 Å². The lowest BCUT2D eigenvalue weighted by Gasteiger charge is -1.95. The number of rotatable bonds is 2. The van der Waals surface area contributed by atoms with E-state index in [1.807, 2.05) is 12.1 Å². The summed E-state index contributed by atoms with van der Waals surface area (Å²) in [6.45, 7) is 0. The van der Waals surface area contributed by atoms with Crippen LogP contribution in [0.5, 0.6) is 0 Å². The van der Waals surface area contributed by atoms with E-state index in [9.17, 15) is 4.79 Å². The van der Waals surface area contributed by atoms with Crippen LogP contribution in [0, 0.1) is 0 Å². The summed E-state index contributed by atoms with van der Waals surface area (Å²) < 4.78 is 4.54. The van der Waals surface area contributed by atoms with Crippen molar-refractivity contribution in [3.05, 3.63) is 36.5 Å². The van der Waals surface area contributed by atoms with Crippen LogP contribution >= 0.6 is 0 Å². The lowest BCUT2D eigenvalue weighted by atomic mass is 10.2. The van der Waals surface area contributed by atoms with E-state index in [1.54, 1.807) is 18.6 Å². The van der Waals surface area contributed by atoms with Crippen molar-refractivity contribution >= 4 is 5.97 Å². The van der Waals surface area contributed by atoms with Crippen LogP contribution in [-0.2, 0) is 4.74 Å². The van der Waals surface area contributed by atoms with Crippen molar-refractivity contribution in [1.82, 2.24) is 15.0 Å². The Bertz CT molecular complexity index is 465. The van der Waals surface area contributed by atoms with Crippen LogP contribution in [0.25, 0.3) is 11.3 Å². The monoisotopic (exact) mass is 203 g/mol. The van der Waals surface area contributed by atoms with Crippen LogP contribution in [0.1, 0.15) is 10.6 Å². The molecule has 2 heterocycles. The molecule has 0 atom stereocenters. The molecule has 5 nitrogen and oxygen atoms in total. The first-order valence-electron chi connectivity index (χ1n) is 4.35. The second-order valence-corrected chi connectivity index (χ2v) is 2.87. The van der Waals surface area contributed by atoms with Crippen molar-refractivity contribution in [2.45, 2.75) is 0 Å². The number of nitrogens with zero attached hydrogens (tertiary/aromatic N) is 2. The molecule has 0 amide bonds. The van der Waals surface area contributed by atoms with Gasteiger partial charge in [0.15, 0.2) is 0 Å². The summed E-state index contributed by atoms with van der Waals surface area (Å²) in [5.41, 5.74) is 1.69. The molecule has 0 spiro atoms. The number of nitrogens with one attached hydrogen (secondary N) is 1. The second-order valence-electron chi connectivity index (χ2n) is 2.87. The van der Waals surface area contributed by atoms with Crippen LogP contribution < -0.4 is 0 Å². The minimum absolute atomic E-state index is 0.198. The van der Waals surface area contributed by atoms with Crippen molar-refractivity contribution in [3.63, 3.8) is 0 Å². The molecule has 2 aromatic rings. The summed E-state index contributed by atoms with van der Waals surface area (Å²) >= 11 is 0. The third-order valence-electron chi connectivity index (χ3n) is 1.95. The highest BCUT2D eigenvalue weighted by atomic mass is 16.5. The molecular weight excluding hydrogens is 194 g/mol. The molecule has 0 aromatic carbocycles. The highest BCUT2D eigenvalue weighted by Crippen LogP contribution is 2.15. The van der Waals surface area contributed by atoms with Gasteiger partial charge in [0, 0.05) is 18.0 Å². The van der Waals surface area contributed by atoms with Crippen molar-refractivity contribution in [1.29, 1.82) is 0 Å². The van der Waals surface area contributed by atoms with Gasteiger partial charge in [-0.1, -0.05) is 0 Å². The van der Waals surface area contributed by atoms with Crippen molar-refractivity contribution in [3.8, 4) is 11.3 Å². The zero-order valence-electron chi connectivity index (χ0n) is 8.10. The molecule has 2 aromatic heterocycles. The van der Waals surface area contributed by atoms with Gasteiger partial charge in [-0.25, -0.2) is 9.78 Å². The number of ether oxygens (including phenoxy) is 1. The number of H-pyrrole nitrogens is 1. The van der Waals surface area contributed by atoms with E-state index in [0.717, 1.165) is 11.3 Å². The SMILES string of the molecule is COC(=O)c1ncc(-c2ccncc2)[nH]1. The van der Waals surface area contributed by atoms with Gasteiger partial charge in [-0.05, 0) is 12.1 Å². The smallest absolute Gasteiger partial charge is 0.374 e. The van der Waals surface area contributed by atoms with E-state index < -0.39 is 5.97 Å². The molecule has 0 aliphatic heterocycles. The number of carbonyl (C=O) groups excluding carboxylic acids is 1. The summed E-state index contributed by atoms with van der Waals surface area (Å²) in [6, 6.07) is 3.66. The fourth-order valence-corrected chi connectivity index (χ4v) is 1.20. The molecule has 0 aliphatic carbocycles. The van der Waals surface area contributed by atoms with Crippen LogP contribution in [-0.4, -0.2) is 28.0 Å². The van der Waals surface area contributed by atoms with Gasteiger partial charge in [0.05, 0.1) is 19.0 Å². The van der Waals surface area contributed by atoms with Crippen molar-refractivity contribution in [2.75, 3.05) is 7.11 Å². The minimum atomic E-state index is -0.477. The molecular formula is C10H9N3O2. The number of esters is 1. The van der Waals surface area contributed by atoms with Gasteiger partial charge < -0.3 is 9.72 Å². The summed E-state index contributed by atoms with van der Waals surface area (Å²) in [4.78, 5) is 21.8. The number of hydrogen-bond acceptors (Lipinski definition) is 4. The number of pyridine rings is 1. The first kappa shape index (κ1) is 9.39. The van der Waals surface area contributed by atoms with Gasteiger partial charge in [0.25, 0.3) is 0 Å². The topological polar surface area (TPSA) is 67.9 Å². The van der Waals surface area contributed by atoms with E-state index in [4.69, 9.17) is 0 Å². The molecule has 76 valence electrons. The lowest BCUT2D eigenvalue weighted by molar-refractivity contribution is 0.0588. The fraction of sp³-hybridized carbons (Fsp3) is 0.100. The molecule has 0 radical (unpaired) electrons. The minimum Gasteiger partial charge on any atom is -0.463 e. The molecule has 5 heteroatoms. The Hall–Kier alpha value is -2.17. The van der Waals surface area contributed by atoms with Crippen molar-refractivity contribution < 1.29 is 9.53 Å². The number of hydrogen-bond donors (Lipinski definition) is 1. The van der Waals surface area contributed by atoms with Gasteiger partial charge >= 0.3 is 5.97 Å². The zero-order chi connectivity index (χ0) is 10.7. The third-order valence-corrected chi connectivity index (χ3v) is 1.95. The maximum Gasteiger partial charge on any atom is 0.374 e. The molecule has 0 saturated carbocycles. The van der Waals surface area contributed by atoms with Gasteiger partial charge in [-0.3, -0.25) is 4.98 Å². The van der Waals surface area contributed by atoms with E-state index in [1.165, 1.54) is 7.11 Å². The van der Waals surface area contributed by atoms with Crippen LogP contribution in [0.4, 0.5) is 0 Å². The first-order valence-corrected chi connectivity index (χ1v) is 4.35. The Morgan fingerprint density at radius 1 is 1.40 bits per heavy atom. The second kappa shape index (κ2) is 3.91.